The lowest BCUT2D eigenvalue weighted by Crippen LogP contribution is -2.48. The van der Waals surface area contributed by atoms with Crippen LogP contribution in [0.2, 0.25) is 0 Å². The molecule has 4 fully saturated rings. The van der Waals surface area contributed by atoms with Crippen LogP contribution in [-0.4, -0.2) is 51.6 Å². The van der Waals surface area contributed by atoms with Crippen LogP contribution in [0, 0.1) is 11.8 Å². The predicted octanol–water partition coefficient (Wildman–Crippen LogP) is 3.34. The summed E-state index contributed by atoms with van der Waals surface area (Å²) in [6, 6.07) is 0.479. The third-order valence-corrected chi connectivity index (χ3v) is 6.95. The molecule has 4 aliphatic rings. The Balaban J connectivity index is 1.17. The number of carbonyl (C=O) groups excluding carboxylic acids is 1. The summed E-state index contributed by atoms with van der Waals surface area (Å²) in [4.78, 5) is 17.6. The van der Waals surface area contributed by atoms with Crippen LogP contribution in [0.1, 0.15) is 81.9 Å². The standard InChI is InChI=1S/C21H32N4O2/c26-21(17-7-8-17)25-11-3-1-2-4-18(25)15-9-12-24(13-10-15)14-19-22-23-20(27-19)16-5-6-16/h15-18H,1-14H2. The first-order valence-corrected chi connectivity index (χ1v) is 11.1. The molecule has 0 aromatic carbocycles. The molecule has 1 atom stereocenters. The van der Waals surface area contributed by atoms with E-state index in [-0.39, 0.29) is 0 Å². The number of carbonyl (C=O) groups is 1. The molecule has 1 aromatic rings. The first-order chi connectivity index (χ1) is 13.3. The molecule has 2 aliphatic carbocycles. The van der Waals surface area contributed by atoms with Gasteiger partial charge in [-0.25, -0.2) is 0 Å². The Morgan fingerprint density at radius 2 is 1.74 bits per heavy atom. The number of aromatic nitrogens is 2. The Morgan fingerprint density at radius 3 is 2.48 bits per heavy atom. The van der Waals surface area contributed by atoms with E-state index in [1.54, 1.807) is 0 Å². The summed E-state index contributed by atoms with van der Waals surface area (Å²) in [5.74, 6) is 3.61. The van der Waals surface area contributed by atoms with Gasteiger partial charge in [-0.3, -0.25) is 9.69 Å². The van der Waals surface area contributed by atoms with E-state index in [1.165, 1.54) is 51.4 Å². The van der Waals surface area contributed by atoms with Crippen LogP contribution in [-0.2, 0) is 11.3 Å². The summed E-state index contributed by atoms with van der Waals surface area (Å²) in [6.07, 6.45) is 12.0. The Labute approximate surface area is 161 Å². The maximum absolute atomic E-state index is 12.8. The second-order valence-electron chi connectivity index (χ2n) is 9.14. The second kappa shape index (κ2) is 7.53. The molecule has 3 heterocycles. The van der Waals surface area contributed by atoms with E-state index in [9.17, 15) is 4.79 Å². The van der Waals surface area contributed by atoms with Crippen molar-refractivity contribution in [3.05, 3.63) is 11.8 Å². The lowest BCUT2D eigenvalue weighted by atomic mass is 9.86. The third-order valence-electron chi connectivity index (χ3n) is 6.95. The molecule has 0 radical (unpaired) electrons. The zero-order chi connectivity index (χ0) is 18.2. The predicted molar refractivity (Wildman–Crippen MR) is 101 cm³/mol. The van der Waals surface area contributed by atoms with E-state index < -0.39 is 0 Å². The average Bonchev–Trinajstić information content (AvgIpc) is 3.59. The van der Waals surface area contributed by atoms with Crippen molar-refractivity contribution in [3.8, 4) is 0 Å². The van der Waals surface area contributed by atoms with E-state index in [1.807, 2.05) is 0 Å². The molecule has 27 heavy (non-hydrogen) atoms. The van der Waals surface area contributed by atoms with Gasteiger partial charge in [0.25, 0.3) is 0 Å². The number of rotatable bonds is 5. The van der Waals surface area contributed by atoms with Gasteiger partial charge in [0.15, 0.2) is 0 Å². The van der Waals surface area contributed by atoms with Gasteiger partial charge < -0.3 is 9.32 Å². The van der Waals surface area contributed by atoms with Crippen LogP contribution >= 0.6 is 0 Å². The first kappa shape index (κ1) is 17.7. The van der Waals surface area contributed by atoms with Gasteiger partial charge in [0.1, 0.15) is 0 Å². The molecule has 2 saturated heterocycles. The van der Waals surface area contributed by atoms with E-state index in [0.717, 1.165) is 50.8 Å². The summed E-state index contributed by atoms with van der Waals surface area (Å²) in [6.45, 7) is 3.93. The maximum Gasteiger partial charge on any atom is 0.230 e. The second-order valence-corrected chi connectivity index (χ2v) is 9.14. The number of hydrogen-bond donors (Lipinski definition) is 0. The molecule has 6 heteroatoms. The molecule has 0 spiro atoms. The maximum atomic E-state index is 12.8. The molecule has 2 saturated carbocycles. The van der Waals surface area contributed by atoms with Gasteiger partial charge in [-0.05, 0) is 70.4 Å². The highest BCUT2D eigenvalue weighted by atomic mass is 16.4. The number of nitrogens with zero attached hydrogens (tertiary/aromatic N) is 4. The molecule has 2 aliphatic heterocycles. The van der Waals surface area contributed by atoms with Crippen LogP contribution in [0.15, 0.2) is 4.42 Å². The van der Waals surface area contributed by atoms with Crippen LogP contribution in [0.5, 0.6) is 0 Å². The fourth-order valence-electron chi connectivity index (χ4n) is 4.98. The highest BCUT2D eigenvalue weighted by Crippen LogP contribution is 2.39. The van der Waals surface area contributed by atoms with Crippen molar-refractivity contribution in [1.29, 1.82) is 0 Å². The van der Waals surface area contributed by atoms with E-state index in [2.05, 4.69) is 20.0 Å². The van der Waals surface area contributed by atoms with Crippen molar-refractivity contribution in [2.75, 3.05) is 19.6 Å². The highest BCUT2D eigenvalue weighted by Gasteiger charge is 2.40. The van der Waals surface area contributed by atoms with Crippen molar-refractivity contribution >= 4 is 5.91 Å². The van der Waals surface area contributed by atoms with Gasteiger partial charge in [-0.1, -0.05) is 12.8 Å². The Kier molecular flexibility index (Phi) is 4.92. The van der Waals surface area contributed by atoms with E-state index in [0.29, 0.717) is 29.7 Å². The molecule has 1 unspecified atom stereocenters. The zero-order valence-corrected chi connectivity index (χ0v) is 16.3. The lowest BCUT2D eigenvalue weighted by Gasteiger charge is -2.40. The molecule has 148 valence electrons. The number of hydrogen-bond acceptors (Lipinski definition) is 5. The van der Waals surface area contributed by atoms with Crippen LogP contribution in [0.25, 0.3) is 0 Å². The monoisotopic (exact) mass is 372 g/mol. The topological polar surface area (TPSA) is 62.5 Å². The first-order valence-electron chi connectivity index (χ1n) is 11.1. The lowest BCUT2D eigenvalue weighted by molar-refractivity contribution is -0.136. The van der Waals surface area contributed by atoms with Crippen molar-refractivity contribution < 1.29 is 9.21 Å². The zero-order valence-electron chi connectivity index (χ0n) is 16.3. The Hall–Kier alpha value is -1.43. The fourth-order valence-corrected chi connectivity index (χ4v) is 4.98. The summed E-state index contributed by atoms with van der Waals surface area (Å²) in [7, 11) is 0. The van der Waals surface area contributed by atoms with Crippen molar-refractivity contribution in [2.24, 2.45) is 11.8 Å². The molecule has 0 N–H and O–H groups in total. The molecule has 6 nitrogen and oxygen atoms in total. The minimum absolute atomic E-state index is 0.351. The van der Waals surface area contributed by atoms with Gasteiger partial charge in [0, 0.05) is 24.4 Å². The van der Waals surface area contributed by atoms with Crippen molar-refractivity contribution in [1.82, 2.24) is 20.0 Å². The summed E-state index contributed by atoms with van der Waals surface area (Å²) in [5.41, 5.74) is 0. The van der Waals surface area contributed by atoms with Crippen LogP contribution < -0.4 is 0 Å². The minimum atomic E-state index is 0.351. The van der Waals surface area contributed by atoms with E-state index >= 15 is 0 Å². The molecular formula is C21H32N4O2. The molecule has 1 amide bonds. The third kappa shape index (κ3) is 4.05. The number of amides is 1. The molecule has 0 bridgehead atoms. The SMILES string of the molecule is O=C(C1CC1)N1CCCCCC1C1CCN(Cc2nnc(C3CC3)o2)CC1. The summed E-state index contributed by atoms with van der Waals surface area (Å²) in [5, 5.41) is 8.45. The molecule has 1 aromatic heterocycles. The van der Waals surface area contributed by atoms with Crippen molar-refractivity contribution in [3.63, 3.8) is 0 Å². The van der Waals surface area contributed by atoms with Gasteiger partial charge in [0.05, 0.1) is 6.54 Å². The van der Waals surface area contributed by atoms with Gasteiger partial charge in [-0.15, -0.1) is 10.2 Å². The number of likely N-dealkylation sites (tertiary alicyclic amines) is 2. The van der Waals surface area contributed by atoms with Crippen LogP contribution in [0.4, 0.5) is 0 Å². The largest absolute Gasteiger partial charge is 0.424 e. The summed E-state index contributed by atoms with van der Waals surface area (Å²) >= 11 is 0. The van der Waals surface area contributed by atoms with E-state index in [4.69, 9.17) is 4.42 Å². The normalized spacial score (nSPS) is 28.3. The number of piperidine rings is 1. The smallest absolute Gasteiger partial charge is 0.230 e. The Morgan fingerprint density at radius 1 is 0.926 bits per heavy atom. The molecular weight excluding hydrogens is 340 g/mol. The fraction of sp³-hybridized carbons (Fsp3) is 0.857. The average molecular weight is 373 g/mol. The van der Waals surface area contributed by atoms with Gasteiger partial charge >= 0.3 is 0 Å². The minimum Gasteiger partial charge on any atom is -0.424 e. The quantitative estimate of drug-likeness (QED) is 0.793. The highest BCUT2D eigenvalue weighted by molar-refractivity contribution is 5.81. The van der Waals surface area contributed by atoms with Gasteiger partial charge in [-0.2, -0.15) is 0 Å². The summed E-state index contributed by atoms with van der Waals surface area (Å²) < 4.78 is 5.84. The Bertz CT molecular complexity index is 659. The molecule has 5 rings (SSSR count). The van der Waals surface area contributed by atoms with Gasteiger partial charge in [0.2, 0.25) is 17.7 Å². The van der Waals surface area contributed by atoms with Crippen molar-refractivity contribution in [2.45, 2.75) is 82.7 Å². The van der Waals surface area contributed by atoms with Crippen LogP contribution in [0.3, 0.4) is 0 Å².